The molecule has 0 spiro atoms. The predicted octanol–water partition coefficient (Wildman–Crippen LogP) is 2.39. The van der Waals surface area contributed by atoms with Gasteiger partial charge in [-0.1, -0.05) is 19.1 Å². The summed E-state index contributed by atoms with van der Waals surface area (Å²) in [5.41, 5.74) is 1.99. The predicted molar refractivity (Wildman–Crippen MR) is 79.4 cm³/mol. The molecule has 1 N–H and O–H groups in total. The number of amides is 1. The van der Waals surface area contributed by atoms with Gasteiger partial charge in [0, 0.05) is 24.4 Å². The molecule has 1 amide bonds. The van der Waals surface area contributed by atoms with Crippen molar-refractivity contribution in [2.75, 3.05) is 19.3 Å². The highest BCUT2D eigenvalue weighted by molar-refractivity contribution is 7.97. The maximum atomic E-state index is 12.4. The van der Waals surface area contributed by atoms with E-state index in [1.54, 1.807) is 11.8 Å². The van der Waals surface area contributed by atoms with Gasteiger partial charge in [-0.2, -0.15) is 11.8 Å². The number of aliphatic hydroxyl groups is 1. The summed E-state index contributed by atoms with van der Waals surface area (Å²) in [5, 5.41) is 9.70. The van der Waals surface area contributed by atoms with Gasteiger partial charge in [-0.25, -0.2) is 0 Å². The molecule has 0 aromatic heterocycles. The number of hydrogen-bond acceptors (Lipinski definition) is 3. The zero-order valence-electron chi connectivity index (χ0n) is 11.5. The Balaban J connectivity index is 2.03. The van der Waals surface area contributed by atoms with Crippen molar-refractivity contribution in [2.45, 2.75) is 25.2 Å². The van der Waals surface area contributed by atoms with Crippen molar-refractivity contribution in [1.29, 1.82) is 0 Å². The van der Waals surface area contributed by atoms with Gasteiger partial charge in [0.15, 0.2) is 0 Å². The summed E-state index contributed by atoms with van der Waals surface area (Å²) in [6, 6.07) is 7.85. The van der Waals surface area contributed by atoms with E-state index in [1.165, 1.54) is 5.56 Å². The van der Waals surface area contributed by atoms with Crippen LogP contribution in [0.5, 0.6) is 0 Å². The Morgan fingerprint density at radius 2 is 2.11 bits per heavy atom. The Bertz CT molecular complexity index is 432. The number of benzene rings is 1. The van der Waals surface area contributed by atoms with Crippen LogP contribution in [0, 0.1) is 5.92 Å². The fraction of sp³-hybridized carbons (Fsp3) is 0.533. The van der Waals surface area contributed by atoms with Crippen molar-refractivity contribution in [3.63, 3.8) is 0 Å². The van der Waals surface area contributed by atoms with Crippen LogP contribution in [0.25, 0.3) is 0 Å². The minimum atomic E-state index is -0.270. The lowest BCUT2D eigenvalue weighted by Crippen LogP contribution is -2.44. The highest BCUT2D eigenvalue weighted by Crippen LogP contribution is 2.19. The first-order valence-electron chi connectivity index (χ1n) is 6.67. The fourth-order valence-electron chi connectivity index (χ4n) is 2.41. The monoisotopic (exact) mass is 279 g/mol. The summed E-state index contributed by atoms with van der Waals surface area (Å²) in [4.78, 5) is 14.2. The van der Waals surface area contributed by atoms with Gasteiger partial charge >= 0.3 is 0 Å². The second kappa shape index (κ2) is 6.44. The highest BCUT2D eigenvalue weighted by atomic mass is 32.2. The normalized spacial score (nSPS) is 23.4. The molecule has 2 rings (SSSR count). The van der Waals surface area contributed by atoms with Crippen LogP contribution in [0.4, 0.5) is 0 Å². The molecule has 1 aromatic rings. The van der Waals surface area contributed by atoms with Gasteiger partial charge < -0.3 is 10.0 Å². The van der Waals surface area contributed by atoms with Crippen LogP contribution in [0.1, 0.15) is 29.3 Å². The Kier molecular flexibility index (Phi) is 4.88. The molecule has 104 valence electrons. The molecule has 4 heteroatoms. The summed E-state index contributed by atoms with van der Waals surface area (Å²) in [6.07, 6.45) is 2.48. The van der Waals surface area contributed by atoms with E-state index in [9.17, 15) is 9.90 Å². The molecule has 1 aliphatic rings. The molecule has 19 heavy (non-hydrogen) atoms. The van der Waals surface area contributed by atoms with Gasteiger partial charge in [0.2, 0.25) is 0 Å². The van der Waals surface area contributed by atoms with Gasteiger partial charge in [0.05, 0.1) is 6.10 Å². The van der Waals surface area contributed by atoms with Gasteiger partial charge in [-0.05, 0) is 36.3 Å². The van der Waals surface area contributed by atoms with Crippen LogP contribution in [0.3, 0.4) is 0 Å². The Morgan fingerprint density at radius 1 is 1.42 bits per heavy atom. The molecule has 2 unspecified atom stereocenters. The van der Waals surface area contributed by atoms with E-state index < -0.39 is 0 Å². The van der Waals surface area contributed by atoms with Crippen molar-refractivity contribution in [3.05, 3.63) is 35.4 Å². The largest absolute Gasteiger partial charge is 0.393 e. The second-order valence-corrected chi connectivity index (χ2v) is 6.08. The van der Waals surface area contributed by atoms with Gasteiger partial charge in [0.25, 0.3) is 5.91 Å². The smallest absolute Gasteiger partial charge is 0.253 e. The minimum absolute atomic E-state index is 0.0782. The van der Waals surface area contributed by atoms with Crippen molar-refractivity contribution in [1.82, 2.24) is 4.90 Å². The van der Waals surface area contributed by atoms with Crippen LogP contribution >= 0.6 is 11.8 Å². The number of piperidine rings is 1. The Labute approximate surface area is 119 Å². The van der Waals surface area contributed by atoms with Gasteiger partial charge in [0.1, 0.15) is 0 Å². The summed E-state index contributed by atoms with van der Waals surface area (Å²) < 4.78 is 0. The first kappa shape index (κ1) is 14.4. The maximum absolute atomic E-state index is 12.4. The summed E-state index contributed by atoms with van der Waals surface area (Å²) in [7, 11) is 0. The van der Waals surface area contributed by atoms with Gasteiger partial charge in [-0.15, -0.1) is 0 Å². The molecular weight excluding hydrogens is 258 g/mol. The van der Waals surface area contributed by atoms with Crippen LogP contribution in [0.15, 0.2) is 24.3 Å². The molecule has 0 saturated carbocycles. The number of carbonyl (C=O) groups is 1. The first-order valence-corrected chi connectivity index (χ1v) is 8.06. The molecule has 1 fully saturated rings. The number of thioether (sulfide) groups is 1. The van der Waals surface area contributed by atoms with E-state index in [-0.39, 0.29) is 17.9 Å². The fourth-order valence-corrected chi connectivity index (χ4v) is 2.94. The molecule has 1 aliphatic heterocycles. The molecule has 2 atom stereocenters. The lowest BCUT2D eigenvalue weighted by atomic mass is 9.96. The average molecular weight is 279 g/mol. The van der Waals surface area contributed by atoms with Crippen LogP contribution in [0.2, 0.25) is 0 Å². The third-order valence-electron chi connectivity index (χ3n) is 3.66. The van der Waals surface area contributed by atoms with E-state index in [1.807, 2.05) is 36.1 Å². The number of likely N-dealkylation sites (tertiary alicyclic amines) is 1. The Morgan fingerprint density at radius 3 is 2.68 bits per heavy atom. The second-order valence-electron chi connectivity index (χ2n) is 5.21. The van der Waals surface area contributed by atoms with E-state index >= 15 is 0 Å². The zero-order valence-corrected chi connectivity index (χ0v) is 12.3. The van der Waals surface area contributed by atoms with E-state index in [4.69, 9.17) is 0 Å². The number of nitrogens with zero attached hydrogens (tertiary/aromatic N) is 1. The average Bonchev–Trinajstić information content (AvgIpc) is 2.42. The SMILES string of the molecule is CSCc1ccc(C(=O)N2CCC(O)C(C)C2)cc1. The van der Waals surface area contributed by atoms with Gasteiger partial charge in [-0.3, -0.25) is 4.79 Å². The topological polar surface area (TPSA) is 40.5 Å². The van der Waals surface area contributed by atoms with Crippen molar-refractivity contribution >= 4 is 17.7 Å². The van der Waals surface area contributed by atoms with Crippen LogP contribution in [-0.2, 0) is 5.75 Å². The first-order chi connectivity index (χ1) is 9.11. The maximum Gasteiger partial charge on any atom is 0.253 e. The molecule has 0 aliphatic carbocycles. The van der Waals surface area contributed by atoms with E-state index in [0.717, 1.165) is 11.3 Å². The number of carbonyl (C=O) groups excluding carboxylic acids is 1. The van der Waals surface area contributed by atoms with Crippen molar-refractivity contribution < 1.29 is 9.90 Å². The number of aliphatic hydroxyl groups excluding tert-OH is 1. The molecule has 0 radical (unpaired) electrons. The Hall–Kier alpha value is -1.00. The standard InChI is InChI=1S/C15H21NO2S/c1-11-9-16(8-7-14(11)17)15(18)13-5-3-12(4-6-13)10-19-2/h3-6,11,14,17H,7-10H2,1-2H3. The lowest BCUT2D eigenvalue weighted by molar-refractivity contribution is 0.0297. The summed E-state index contributed by atoms with van der Waals surface area (Å²) in [5.74, 6) is 1.21. The van der Waals surface area contributed by atoms with Crippen LogP contribution < -0.4 is 0 Å². The number of hydrogen-bond donors (Lipinski definition) is 1. The molecule has 1 heterocycles. The summed E-state index contributed by atoms with van der Waals surface area (Å²) >= 11 is 1.77. The lowest BCUT2D eigenvalue weighted by Gasteiger charge is -2.34. The summed E-state index contributed by atoms with van der Waals surface area (Å²) in [6.45, 7) is 3.29. The van der Waals surface area contributed by atoms with Crippen molar-refractivity contribution in [2.24, 2.45) is 5.92 Å². The third kappa shape index (κ3) is 3.51. The molecule has 1 saturated heterocycles. The molecule has 0 bridgehead atoms. The highest BCUT2D eigenvalue weighted by Gasteiger charge is 2.27. The van der Waals surface area contributed by atoms with Crippen molar-refractivity contribution in [3.8, 4) is 0 Å². The number of rotatable bonds is 3. The van der Waals surface area contributed by atoms with E-state index in [2.05, 4.69) is 6.26 Å². The molecule has 1 aromatic carbocycles. The van der Waals surface area contributed by atoms with E-state index in [0.29, 0.717) is 19.5 Å². The molecular formula is C15H21NO2S. The third-order valence-corrected chi connectivity index (χ3v) is 4.28. The zero-order chi connectivity index (χ0) is 13.8. The quantitative estimate of drug-likeness (QED) is 0.923. The molecule has 3 nitrogen and oxygen atoms in total. The minimum Gasteiger partial charge on any atom is -0.393 e. The van der Waals surface area contributed by atoms with Crippen LogP contribution in [-0.4, -0.2) is 41.4 Å².